The van der Waals surface area contributed by atoms with Crippen molar-refractivity contribution in [3.63, 3.8) is 0 Å². The molecule has 2 aromatic rings. The zero-order valence-electron chi connectivity index (χ0n) is 14.3. The van der Waals surface area contributed by atoms with Crippen molar-refractivity contribution in [2.24, 2.45) is 7.05 Å². The Morgan fingerprint density at radius 3 is 2.83 bits per heavy atom. The molecule has 0 N–H and O–H groups in total. The molecule has 0 aliphatic carbocycles. The predicted molar refractivity (Wildman–Crippen MR) is 91.4 cm³/mol. The van der Waals surface area contributed by atoms with Crippen LogP contribution in [0.15, 0.2) is 36.7 Å². The molecule has 124 valence electrons. The first-order valence-corrected chi connectivity index (χ1v) is 8.21. The largest absolute Gasteiger partial charge is 0.497 e. The minimum Gasteiger partial charge on any atom is -0.497 e. The standard InChI is InChI=1S/C18H26N4O/c1-15-12-21(13-16-5-4-6-17(11-16)23-3)9-10-22(15)14-18-19-7-8-20(18)2/h4-8,11,15H,9-10,12-14H2,1-3H3. The molecule has 1 aromatic heterocycles. The molecule has 1 aliphatic rings. The second kappa shape index (κ2) is 7.15. The van der Waals surface area contributed by atoms with E-state index in [1.165, 1.54) is 5.56 Å². The second-order valence-electron chi connectivity index (χ2n) is 6.36. The average molecular weight is 314 g/mol. The van der Waals surface area contributed by atoms with Gasteiger partial charge < -0.3 is 9.30 Å². The predicted octanol–water partition coefficient (Wildman–Crippen LogP) is 2.13. The van der Waals surface area contributed by atoms with E-state index in [-0.39, 0.29) is 0 Å². The van der Waals surface area contributed by atoms with E-state index in [9.17, 15) is 0 Å². The third-order valence-electron chi connectivity index (χ3n) is 4.66. The van der Waals surface area contributed by atoms with Crippen molar-refractivity contribution in [2.75, 3.05) is 26.7 Å². The van der Waals surface area contributed by atoms with Crippen molar-refractivity contribution >= 4 is 0 Å². The normalized spacial score (nSPS) is 19.9. The molecular formula is C18H26N4O. The number of rotatable bonds is 5. The molecule has 1 saturated heterocycles. The first-order chi connectivity index (χ1) is 11.2. The molecule has 1 aliphatic heterocycles. The van der Waals surface area contributed by atoms with Gasteiger partial charge in [0.05, 0.1) is 13.7 Å². The highest BCUT2D eigenvalue weighted by Crippen LogP contribution is 2.18. The van der Waals surface area contributed by atoms with Gasteiger partial charge in [0.15, 0.2) is 0 Å². The highest BCUT2D eigenvalue weighted by Gasteiger charge is 2.24. The van der Waals surface area contributed by atoms with Crippen LogP contribution in [0.3, 0.4) is 0 Å². The van der Waals surface area contributed by atoms with Gasteiger partial charge in [-0.05, 0) is 24.6 Å². The van der Waals surface area contributed by atoms with Crippen LogP contribution in [0.2, 0.25) is 0 Å². The SMILES string of the molecule is COc1cccc(CN2CCN(Cc3nccn3C)C(C)C2)c1. The number of piperazine rings is 1. The fourth-order valence-corrected chi connectivity index (χ4v) is 3.21. The molecule has 1 unspecified atom stereocenters. The van der Waals surface area contributed by atoms with Crippen molar-refractivity contribution in [2.45, 2.75) is 26.1 Å². The summed E-state index contributed by atoms with van der Waals surface area (Å²) in [5, 5.41) is 0. The first-order valence-electron chi connectivity index (χ1n) is 8.21. The smallest absolute Gasteiger partial charge is 0.122 e. The molecule has 23 heavy (non-hydrogen) atoms. The number of nitrogens with zero attached hydrogens (tertiary/aromatic N) is 4. The van der Waals surface area contributed by atoms with Crippen molar-refractivity contribution in [3.05, 3.63) is 48.0 Å². The second-order valence-corrected chi connectivity index (χ2v) is 6.36. The number of hydrogen-bond donors (Lipinski definition) is 0. The lowest BCUT2D eigenvalue weighted by molar-refractivity contribution is 0.0707. The van der Waals surface area contributed by atoms with E-state index in [4.69, 9.17) is 4.74 Å². The summed E-state index contributed by atoms with van der Waals surface area (Å²) >= 11 is 0. The van der Waals surface area contributed by atoms with Crippen LogP contribution in [0.4, 0.5) is 0 Å². The van der Waals surface area contributed by atoms with Crippen LogP contribution in [-0.4, -0.2) is 52.1 Å². The lowest BCUT2D eigenvalue weighted by Crippen LogP contribution is -2.51. The topological polar surface area (TPSA) is 33.5 Å². The lowest BCUT2D eigenvalue weighted by Gasteiger charge is -2.39. The maximum absolute atomic E-state index is 5.32. The van der Waals surface area contributed by atoms with Crippen LogP contribution in [0.25, 0.3) is 0 Å². The highest BCUT2D eigenvalue weighted by molar-refractivity contribution is 5.28. The van der Waals surface area contributed by atoms with E-state index in [0.717, 1.165) is 44.3 Å². The average Bonchev–Trinajstić information content (AvgIpc) is 2.95. The Labute approximate surface area is 138 Å². The van der Waals surface area contributed by atoms with Crippen LogP contribution >= 0.6 is 0 Å². The Kier molecular flexibility index (Phi) is 4.98. The minimum absolute atomic E-state index is 0.533. The Morgan fingerprint density at radius 2 is 2.13 bits per heavy atom. The van der Waals surface area contributed by atoms with Gasteiger partial charge >= 0.3 is 0 Å². The minimum atomic E-state index is 0.533. The number of aromatic nitrogens is 2. The van der Waals surface area contributed by atoms with E-state index in [2.05, 4.69) is 51.5 Å². The number of hydrogen-bond acceptors (Lipinski definition) is 4. The van der Waals surface area contributed by atoms with Crippen LogP contribution in [-0.2, 0) is 20.1 Å². The van der Waals surface area contributed by atoms with Crippen molar-refractivity contribution in [1.82, 2.24) is 19.4 Å². The van der Waals surface area contributed by atoms with E-state index in [0.29, 0.717) is 6.04 Å². The molecule has 1 atom stereocenters. The summed E-state index contributed by atoms with van der Waals surface area (Å²) in [4.78, 5) is 9.48. The van der Waals surface area contributed by atoms with Crippen LogP contribution in [0.5, 0.6) is 5.75 Å². The summed E-state index contributed by atoms with van der Waals surface area (Å²) < 4.78 is 7.42. The molecule has 0 amide bonds. The lowest BCUT2D eigenvalue weighted by atomic mass is 10.1. The van der Waals surface area contributed by atoms with Gasteiger partial charge in [-0.15, -0.1) is 0 Å². The Bertz CT molecular complexity index is 639. The number of benzene rings is 1. The molecule has 2 heterocycles. The Morgan fingerprint density at radius 1 is 1.26 bits per heavy atom. The van der Waals surface area contributed by atoms with Gasteiger partial charge in [0.25, 0.3) is 0 Å². The molecule has 5 heteroatoms. The first kappa shape index (κ1) is 16.0. The summed E-state index contributed by atoms with van der Waals surface area (Å²) in [5.74, 6) is 2.07. The van der Waals surface area contributed by atoms with Crippen LogP contribution in [0.1, 0.15) is 18.3 Å². The fraction of sp³-hybridized carbons (Fsp3) is 0.500. The summed E-state index contributed by atoms with van der Waals surface area (Å²) in [6.07, 6.45) is 3.89. The van der Waals surface area contributed by atoms with Crippen LogP contribution < -0.4 is 4.74 Å². The van der Waals surface area contributed by atoms with E-state index < -0.39 is 0 Å². The summed E-state index contributed by atoms with van der Waals surface area (Å²) in [6, 6.07) is 8.90. The monoisotopic (exact) mass is 314 g/mol. The third-order valence-corrected chi connectivity index (χ3v) is 4.66. The van der Waals surface area contributed by atoms with Crippen molar-refractivity contribution in [1.29, 1.82) is 0 Å². The summed E-state index contributed by atoms with van der Waals surface area (Å²) in [7, 11) is 3.78. The molecule has 0 radical (unpaired) electrons. The summed E-state index contributed by atoms with van der Waals surface area (Å²) in [6.45, 7) is 7.47. The number of aryl methyl sites for hydroxylation is 1. The third kappa shape index (κ3) is 3.92. The van der Waals surface area contributed by atoms with Gasteiger partial charge in [-0.3, -0.25) is 9.80 Å². The number of methoxy groups -OCH3 is 1. The zero-order chi connectivity index (χ0) is 16.2. The summed E-state index contributed by atoms with van der Waals surface area (Å²) in [5.41, 5.74) is 1.31. The molecule has 0 saturated carbocycles. The zero-order valence-corrected chi connectivity index (χ0v) is 14.3. The Hall–Kier alpha value is -1.85. The van der Waals surface area contributed by atoms with Gasteiger partial charge in [0, 0.05) is 51.7 Å². The molecule has 5 nitrogen and oxygen atoms in total. The van der Waals surface area contributed by atoms with E-state index >= 15 is 0 Å². The molecule has 3 rings (SSSR count). The van der Waals surface area contributed by atoms with E-state index in [1.54, 1.807) is 7.11 Å². The maximum Gasteiger partial charge on any atom is 0.122 e. The van der Waals surface area contributed by atoms with Gasteiger partial charge in [-0.1, -0.05) is 12.1 Å². The van der Waals surface area contributed by atoms with Crippen molar-refractivity contribution in [3.8, 4) is 5.75 Å². The quantitative estimate of drug-likeness (QED) is 0.847. The Balaban J connectivity index is 1.56. The van der Waals surface area contributed by atoms with E-state index in [1.807, 2.05) is 18.5 Å². The van der Waals surface area contributed by atoms with Gasteiger partial charge in [-0.2, -0.15) is 0 Å². The molecule has 0 spiro atoms. The van der Waals surface area contributed by atoms with Crippen molar-refractivity contribution < 1.29 is 4.74 Å². The van der Waals surface area contributed by atoms with Crippen LogP contribution in [0, 0.1) is 0 Å². The molecule has 0 bridgehead atoms. The maximum atomic E-state index is 5.32. The van der Waals surface area contributed by atoms with Gasteiger partial charge in [0.2, 0.25) is 0 Å². The van der Waals surface area contributed by atoms with Gasteiger partial charge in [-0.25, -0.2) is 4.98 Å². The fourth-order valence-electron chi connectivity index (χ4n) is 3.21. The molecule has 1 fully saturated rings. The van der Waals surface area contributed by atoms with Gasteiger partial charge in [0.1, 0.15) is 11.6 Å². The molecular weight excluding hydrogens is 288 g/mol. The molecule has 1 aromatic carbocycles. The highest BCUT2D eigenvalue weighted by atomic mass is 16.5. The number of imidazole rings is 1. The number of ether oxygens (including phenoxy) is 1.